The Hall–Kier alpha value is -1.81. The molecule has 3 fully saturated rings. The second-order valence-corrected chi connectivity index (χ2v) is 7.67. The summed E-state index contributed by atoms with van der Waals surface area (Å²) in [6.45, 7) is 8.89. The Labute approximate surface area is 143 Å². The fourth-order valence-corrected chi connectivity index (χ4v) is 4.42. The molecule has 0 spiro atoms. The third kappa shape index (κ3) is 2.53. The van der Waals surface area contributed by atoms with Gasteiger partial charge in [0.1, 0.15) is 5.58 Å². The molecule has 2 atom stereocenters. The lowest BCUT2D eigenvalue weighted by Gasteiger charge is -2.49. The number of hydrogen-bond donors (Lipinski definition) is 1. The molecular weight excluding hydrogens is 300 g/mol. The molecule has 4 heterocycles. The van der Waals surface area contributed by atoms with Gasteiger partial charge in [0.25, 0.3) is 5.91 Å². The van der Waals surface area contributed by atoms with Gasteiger partial charge in [-0.15, -0.1) is 0 Å². The Morgan fingerprint density at radius 2 is 2.04 bits per heavy atom. The van der Waals surface area contributed by atoms with E-state index in [1.165, 1.54) is 25.9 Å². The van der Waals surface area contributed by atoms with Crippen LogP contribution in [0.15, 0.2) is 28.9 Å². The van der Waals surface area contributed by atoms with E-state index in [0.29, 0.717) is 17.9 Å². The van der Waals surface area contributed by atoms with Crippen LogP contribution < -0.4 is 5.32 Å². The van der Waals surface area contributed by atoms with Crippen molar-refractivity contribution in [3.05, 3.63) is 35.6 Å². The number of carbonyl (C=O) groups excluding carboxylic acids is 1. The predicted molar refractivity (Wildman–Crippen MR) is 95.3 cm³/mol. The predicted octanol–water partition coefficient (Wildman–Crippen LogP) is 3.77. The average Bonchev–Trinajstić information content (AvgIpc) is 3.01. The topological polar surface area (TPSA) is 45.5 Å². The van der Waals surface area contributed by atoms with Crippen LogP contribution in [0.3, 0.4) is 0 Å². The molecule has 4 nitrogen and oxygen atoms in total. The monoisotopic (exact) mass is 326 g/mol. The fourth-order valence-electron chi connectivity index (χ4n) is 4.42. The van der Waals surface area contributed by atoms with Crippen LogP contribution in [0.5, 0.6) is 0 Å². The number of hydrogen-bond acceptors (Lipinski definition) is 3. The zero-order valence-corrected chi connectivity index (χ0v) is 14.7. The molecule has 3 aliphatic rings. The SMILES string of the molecule is CC(C)c1coc2ccc(C(=O)N[C@@H]3C4CCN(CC4)[C@H]3C)cc12. The van der Waals surface area contributed by atoms with Crippen molar-refractivity contribution < 1.29 is 9.21 Å². The van der Waals surface area contributed by atoms with Gasteiger partial charge in [-0.1, -0.05) is 13.8 Å². The van der Waals surface area contributed by atoms with Gasteiger partial charge in [-0.3, -0.25) is 9.69 Å². The van der Waals surface area contributed by atoms with Crippen LogP contribution in [-0.2, 0) is 0 Å². The van der Waals surface area contributed by atoms with Gasteiger partial charge in [-0.05, 0) is 62.9 Å². The fraction of sp³-hybridized carbons (Fsp3) is 0.550. The molecule has 5 rings (SSSR count). The summed E-state index contributed by atoms with van der Waals surface area (Å²) in [5.74, 6) is 1.04. The molecule has 2 aromatic rings. The van der Waals surface area contributed by atoms with Gasteiger partial charge in [-0.25, -0.2) is 0 Å². The second-order valence-electron chi connectivity index (χ2n) is 7.67. The molecule has 1 aromatic carbocycles. The summed E-state index contributed by atoms with van der Waals surface area (Å²) >= 11 is 0. The molecule has 0 unspecified atom stereocenters. The van der Waals surface area contributed by atoms with Crippen molar-refractivity contribution in [1.29, 1.82) is 0 Å². The van der Waals surface area contributed by atoms with E-state index in [0.717, 1.165) is 22.1 Å². The minimum atomic E-state index is 0.0402. The first-order valence-corrected chi connectivity index (χ1v) is 9.10. The molecule has 3 saturated heterocycles. The first-order chi connectivity index (χ1) is 11.5. The maximum atomic E-state index is 12.8. The number of amides is 1. The quantitative estimate of drug-likeness (QED) is 0.934. The zero-order chi connectivity index (χ0) is 16.8. The normalized spacial score (nSPS) is 29.3. The zero-order valence-electron chi connectivity index (χ0n) is 14.7. The molecule has 1 aromatic heterocycles. The standard InChI is InChI=1S/C20H26N2O2/c1-12(2)17-11-24-18-5-4-15(10-16(17)18)20(23)21-19-13(3)22-8-6-14(19)7-9-22/h4-5,10-14,19H,6-9H2,1-3H3,(H,21,23)/t13-,19-/m0/s1. The van der Waals surface area contributed by atoms with Gasteiger partial charge in [0.15, 0.2) is 0 Å². The van der Waals surface area contributed by atoms with E-state index in [1.54, 1.807) is 0 Å². The number of nitrogens with one attached hydrogen (secondary N) is 1. The van der Waals surface area contributed by atoms with Gasteiger partial charge in [0, 0.05) is 28.6 Å². The lowest BCUT2D eigenvalue weighted by molar-refractivity contribution is 0.0217. The van der Waals surface area contributed by atoms with Gasteiger partial charge in [-0.2, -0.15) is 0 Å². The smallest absolute Gasteiger partial charge is 0.251 e. The Morgan fingerprint density at radius 3 is 2.71 bits per heavy atom. The summed E-state index contributed by atoms with van der Waals surface area (Å²) < 4.78 is 5.61. The average molecular weight is 326 g/mol. The van der Waals surface area contributed by atoms with E-state index in [4.69, 9.17) is 4.42 Å². The van der Waals surface area contributed by atoms with E-state index in [9.17, 15) is 4.79 Å². The number of carbonyl (C=O) groups is 1. The molecule has 2 bridgehead atoms. The van der Waals surface area contributed by atoms with Crippen LogP contribution in [0.1, 0.15) is 55.5 Å². The van der Waals surface area contributed by atoms with E-state index in [-0.39, 0.29) is 11.9 Å². The van der Waals surface area contributed by atoms with E-state index < -0.39 is 0 Å². The highest BCUT2D eigenvalue weighted by Crippen LogP contribution is 2.33. The van der Waals surface area contributed by atoms with Crippen LogP contribution in [0, 0.1) is 5.92 Å². The third-order valence-electron chi connectivity index (χ3n) is 5.96. The number of nitrogens with zero attached hydrogens (tertiary/aromatic N) is 1. The summed E-state index contributed by atoms with van der Waals surface area (Å²) in [5.41, 5.74) is 2.75. The molecule has 4 heteroatoms. The van der Waals surface area contributed by atoms with Crippen molar-refractivity contribution in [2.75, 3.05) is 13.1 Å². The van der Waals surface area contributed by atoms with Crippen LogP contribution >= 0.6 is 0 Å². The van der Waals surface area contributed by atoms with E-state index in [1.807, 2.05) is 24.5 Å². The van der Waals surface area contributed by atoms with Crippen molar-refractivity contribution in [1.82, 2.24) is 10.2 Å². The Bertz CT molecular complexity index is 754. The number of fused-ring (bicyclic) bond motifs is 4. The second kappa shape index (κ2) is 5.92. The van der Waals surface area contributed by atoms with Crippen molar-refractivity contribution in [2.45, 2.75) is 51.6 Å². The number of piperidine rings is 3. The summed E-state index contributed by atoms with van der Waals surface area (Å²) in [7, 11) is 0. The Kier molecular flexibility index (Phi) is 3.87. The summed E-state index contributed by atoms with van der Waals surface area (Å²) in [6, 6.07) is 6.47. The molecule has 3 aliphatic heterocycles. The molecule has 0 radical (unpaired) electrons. The van der Waals surface area contributed by atoms with Crippen LogP contribution in [0.2, 0.25) is 0 Å². The minimum Gasteiger partial charge on any atom is -0.464 e. The van der Waals surface area contributed by atoms with Gasteiger partial charge in [0.05, 0.1) is 6.26 Å². The molecule has 128 valence electrons. The lowest BCUT2D eigenvalue weighted by atomic mass is 9.79. The van der Waals surface area contributed by atoms with Gasteiger partial charge in [0.2, 0.25) is 0 Å². The van der Waals surface area contributed by atoms with Crippen LogP contribution in [0.25, 0.3) is 11.0 Å². The van der Waals surface area contributed by atoms with Gasteiger partial charge < -0.3 is 9.73 Å². The lowest BCUT2D eigenvalue weighted by Crippen LogP contribution is -2.62. The highest BCUT2D eigenvalue weighted by molar-refractivity contribution is 5.98. The molecule has 0 aliphatic carbocycles. The molecule has 24 heavy (non-hydrogen) atoms. The van der Waals surface area contributed by atoms with E-state index >= 15 is 0 Å². The van der Waals surface area contributed by atoms with Crippen molar-refractivity contribution in [2.24, 2.45) is 5.92 Å². The number of benzene rings is 1. The molecular formula is C20H26N2O2. The summed E-state index contributed by atoms with van der Waals surface area (Å²) in [4.78, 5) is 15.3. The highest BCUT2D eigenvalue weighted by atomic mass is 16.3. The molecule has 1 amide bonds. The summed E-state index contributed by atoms with van der Waals surface area (Å²) in [6.07, 6.45) is 4.22. The number of rotatable bonds is 3. The van der Waals surface area contributed by atoms with Crippen LogP contribution in [-0.4, -0.2) is 36.0 Å². The first kappa shape index (κ1) is 15.7. The Morgan fingerprint density at radius 1 is 1.29 bits per heavy atom. The third-order valence-corrected chi connectivity index (χ3v) is 5.96. The maximum Gasteiger partial charge on any atom is 0.251 e. The van der Waals surface area contributed by atoms with Gasteiger partial charge >= 0.3 is 0 Å². The minimum absolute atomic E-state index is 0.0402. The number of furan rings is 1. The van der Waals surface area contributed by atoms with Crippen LogP contribution in [0.4, 0.5) is 0 Å². The van der Waals surface area contributed by atoms with E-state index in [2.05, 4.69) is 31.0 Å². The maximum absolute atomic E-state index is 12.8. The molecule has 1 N–H and O–H groups in total. The Balaban J connectivity index is 1.58. The highest BCUT2D eigenvalue weighted by Gasteiger charge is 2.40. The summed E-state index contributed by atoms with van der Waals surface area (Å²) in [5, 5.41) is 4.37. The van der Waals surface area contributed by atoms with Crippen molar-refractivity contribution >= 4 is 16.9 Å². The first-order valence-electron chi connectivity index (χ1n) is 9.10. The largest absolute Gasteiger partial charge is 0.464 e. The molecule has 0 saturated carbocycles. The van der Waals surface area contributed by atoms with Crippen molar-refractivity contribution in [3.63, 3.8) is 0 Å². The van der Waals surface area contributed by atoms with Crippen molar-refractivity contribution in [3.8, 4) is 0 Å².